The van der Waals surface area contributed by atoms with Crippen molar-refractivity contribution in [2.75, 3.05) is 37.7 Å². The first-order valence-electron chi connectivity index (χ1n) is 11.3. The molecule has 0 spiro atoms. The number of hydrogen-bond acceptors (Lipinski definition) is 6. The molecule has 2 aromatic carbocycles. The van der Waals surface area contributed by atoms with Crippen LogP contribution in [0.15, 0.2) is 59.0 Å². The van der Waals surface area contributed by atoms with E-state index in [2.05, 4.69) is 46.2 Å². The first-order valence-corrected chi connectivity index (χ1v) is 13.1. The molecule has 1 atom stereocenters. The fourth-order valence-corrected chi connectivity index (χ4v) is 6.46. The number of aryl methyl sites for hydroxylation is 1. The summed E-state index contributed by atoms with van der Waals surface area (Å²) >= 11 is 0. The van der Waals surface area contributed by atoms with E-state index in [1.807, 2.05) is 25.1 Å². The lowest BCUT2D eigenvalue weighted by atomic mass is 10.0. The molecule has 0 radical (unpaired) electrons. The predicted molar refractivity (Wildman–Crippen MR) is 126 cm³/mol. The summed E-state index contributed by atoms with van der Waals surface area (Å²) in [5.41, 5.74) is 4.32. The minimum Gasteiger partial charge on any atom is -0.441 e. The average Bonchev–Trinajstić information content (AvgIpc) is 3.36. The van der Waals surface area contributed by atoms with Crippen molar-refractivity contribution in [3.05, 3.63) is 66.1 Å². The molecule has 2 aliphatic heterocycles. The first kappa shape index (κ1) is 21.4. The Morgan fingerprint density at radius 1 is 0.938 bits per heavy atom. The molecule has 7 heteroatoms. The second-order valence-electron chi connectivity index (χ2n) is 8.83. The number of oxazole rings is 1. The Bertz CT molecular complexity index is 1160. The number of hydrogen-bond donors (Lipinski definition) is 0. The van der Waals surface area contributed by atoms with Gasteiger partial charge in [0.1, 0.15) is 5.76 Å². The monoisotopic (exact) mass is 451 g/mol. The molecule has 0 bridgehead atoms. The number of sulfone groups is 1. The second kappa shape index (κ2) is 8.81. The van der Waals surface area contributed by atoms with Crippen LogP contribution in [0.25, 0.3) is 22.6 Å². The quantitative estimate of drug-likeness (QED) is 0.590. The SMILES string of the molecule is Cc1oc(-c2ccc(-c3ccccc3)cc2)nc1CN1CCN(C2CCS(=O)(=O)C2)CC1. The van der Waals surface area contributed by atoms with Crippen molar-refractivity contribution >= 4 is 9.84 Å². The lowest BCUT2D eigenvalue weighted by molar-refractivity contribution is 0.0990. The van der Waals surface area contributed by atoms with Crippen LogP contribution in [-0.2, 0) is 16.4 Å². The van der Waals surface area contributed by atoms with Crippen LogP contribution in [0.1, 0.15) is 17.9 Å². The van der Waals surface area contributed by atoms with E-state index in [1.165, 1.54) is 11.1 Å². The summed E-state index contributed by atoms with van der Waals surface area (Å²) in [6.45, 7) is 6.39. The molecule has 3 aromatic rings. The maximum absolute atomic E-state index is 11.8. The summed E-state index contributed by atoms with van der Waals surface area (Å²) in [6, 6.07) is 18.8. The van der Waals surface area contributed by atoms with Gasteiger partial charge in [-0.2, -0.15) is 0 Å². The third-order valence-electron chi connectivity index (χ3n) is 6.64. The van der Waals surface area contributed by atoms with Gasteiger partial charge in [-0.3, -0.25) is 9.80 Å². The van der Waals surface area contributed by atoms with Gasteiger partial charge in [-0.25, -0.2) is 13.4 Å². The zero-order valence-corrected chi connectivity index (χ0v) is 19.2. The third kappa shape index (κ3) is 4.65. The normalized spacial score (nSPS) is 21.7. The van der Waals surface area contributed by atoms with E-state index < -0.39 is 9.84 Å². The molecule has 2 saturated heterocycles. The van der Waals surface area contributed by atoms with Crippen LogP contribution in [0.3, 0.4) is 0 Å². The third-order valence-corrected chi connectivity index (χ3v) is 8.39. The van der Waals surface area contributed by atoms with Crippen molar-refractivity contribution in [3.8, 4) is 22.6 Å². The van der Waals surface area contributed by atoms with Crippen molar-refractivity contribution in [1.29, 1.82) is 0 Å². The molecule has 0 N–H and O–H groups in total. The fourth-order valence-electron chi connectivity index (χ4n) is 4.70. The maximum Gasteiger partial charge on any atom is 0.226 e. The van der Waals surface area contributed by atoms with Gasteiger partial charge in [-0.15, -0.1) is 0 Å². The number of rotatable bonds is 5. The van der Waals surface area contributed by atoms with Gasteiger partial charge in [0, 0.05) is 44.3 Å². The van der Waals surface area contributed by atoms with E-state index in [4.69, 9.17) is 9.40 Å². The Morgan fingerprint density at radius 3 is 2.25 bits per heavy atom. The molecule has 32 heavy (non-hydrogen) atoms. The van der Waals surface area contributed by atoms with E-state index >= 15 is 0 Å². The largest absolute Gasteiger partial charge is 0.441 e. The standard InChI is InChI=1S/C25H29N3O3S/c1-19-24(17-27-12-14-28(15-13-27)23-11-16-32(29,30)18-23)26-25(31-19)22-9-7-21(8-10-22)20-5-3-2-4-6-20/h2-10,23H,11-18H2,1H3. The summed E-state index contributed by atoms with van der Waals surface area (Å²) < 4.78 is 29.6. The van der Waals surface area contributed by atoms with E-state index in [1.54, 1.807) is 0 Å². The van der Waals surface area contributed by atoms with Gasteiger partial charge in [0.15, 0.2) is 9.84 Å². The molecule has 1 unspecified atom stereocenters. The summed E-state index contributed by atoms with van der Waals surface area (Å²) in [5.74, 6) is 2.18. The second-order valence-corrected chi connectivity index (χ2v) is 11.1. The predicted octanol–water partition coefficient (Wildman–Crippen LogP) is 3.62. The summed E-state index contributed by atoms with van der Waals surface area (Å²) in [5, 5.41) is 0. The molecule has 168 valence electrons. The molecule has 0 aliphatic carbocycles. The maximum atomic E-state index is 11.8. The lowest BCUT2D eigenvalue weighted by Crippen LogP contribution is -2.50. The molecule has 3 heterocycles. The van der Waals surface area contributed by atoms with Gasteiger partial charge in [0.2, 0.25) is 5.89 Å². The van der Waals surface area contributed by atoms with Gasteiger partial charge >= 0.3 is 0 Å². The molecular formula is C25H29N3O3S. The van der Waals surface area contributed by atoms with Gasteiger partial charge in [0.05, 0.1) is 17.2 Å². The highest BCUT2D eigenvalue weighted by atomic mass is 32.2. The Balaban J connectivity index is 1.21. The molecular weight excluding hydrogens is 422 g/mol. The number of aromatic nitrogens is 1. The fraction of sp³-hybridized carbons (Fsp3) is 0.400. The minimum atomic E-state index is -2.83. The van der Waals surface area contributed by atoms with Crippen molar-refractivity contribution < 1.29 is 12.8 Å². The van der Waals surface area contributed by atoms with Crippen molar-refractivity contribution in [3.63, 3.8) is 0 Å². The highest BCUT2D eigenvalue weighted by Crippen LogP contribution is 2.27. The zero-order valence-electron chi connectivity index (χ0n) is 18.4. The van der Waals surface area contributed by atoms with Crippen LogP contribution in [0, 0.1) is 6.92 Å². The smallest absolute Gasteiger partial charge is 0.226 e. The molecule has 0 amide bonds. The zero-order chi connectivity index (χ0) is 22.1. The van der Waals surface area contributed by atoms with E-state index in [0.29, 0.717) is 17.4 Å². The van der Waals surface area contributed by atoms with Crippen LogP contribution in [0.2, 0.25) is 0 Å². The van der Waals surface area contributed by atoms with Gasteiger partial charge in [-0.1, -0.05) is 42.5 Å². The van der Waals surface area contributed by atoms with Gasteiger partial charge < -0.3 is 4.42 Å². The van der Waals surface area contributed by atoms with Crippen LogP contribution in [-0.4, -0.2) is 66.9 Å². The van der Waals surface area contributed by atoms with E-state index in [-0.39, 0.29) is 6.04 Å². The molecule has 2 fully saturated rings. The molecule has 2 aliphatic rings. The average molecular weight is 452 g/mol. The molecule has 0 saturated carbocycles. The Hall–Kier alpha value is -2.48. The Morgan fingerprint density at radius 2 is 1.59 bits per heavy atom. The minimum absolute atomic E-state index is 0.196. The van der Waals surface area contributed by atoms with Gasteiger partial charge in [-0.05, 0) is 36.6 Å². The Labute approximate surface area is 189 Å². The van der Waals surface area contributed by atoms with Crippen molar-refractivity contribution in [2.24, 2.45) is 0 Å². The van der Waals surface area contributed by atoms with Crippen LogP contribution in [0.5, 0.6) is 0 Å². The first-order chi connectivity index (χ1) is 15.5. The summed E-state index contributed by atoms with van der Waals surface area (Å²) in [4.78, 5) is 9.52. The Kier molecular flexibility index (Phi) is 5.88. The summed E-state index contributed by atoms with van der Waals surface area (Å²) in [7, 11) is -2.83. The molecule has 1 aromatic heterocycles. The van der Waals surface area contributed by atoms with Crippen molar-refractivity contribution in [2.45, 2.75) is 25.9 Å². The number of piperazine rings is 1. The van der Waals surface area contributed by atoms with Crippen LogP contribution in [0.4, 0.5) is 0 Å². The van der Waals surface area contributed by atoms with Crippen molar-refractivity contribution in [1.82, 2.24) is 14.8 Å². The number of nitrogens with zero attached hydrogens (tertiary/aromatic N) is 3. The summed E-state index contributed by atoms with van der Waals surface area (Å²) in [6.07, 6.45) is 0.775. The van der Waals surface area contributed by atoms with Crippen LogP contribution < -0.4 is 0 Å². The van der Waals surface area contributed by atoms with E-state index in [0.717, 1.165) is 56.2 Å². The lowest BCUT2D eigenvalue weighted by Gasteiger charge is -2.37. The van der Waals surface area contributed by atoms with Crippen LogP contribution >= 0.6 is 0 Å². The number of benzene rings is 2. The van der Waals surface area contributed by atoms with Gasteiger partial charge in [0.25, 0.3) is 0 Å². The highest BCUT2D eigenvalue weighted by Gasteiger charge is 2.33. The topological polar surface area (TPSA) is 66.7 Å². The van der Waals surface area contributed by atoms with E-state index in [9.17, 15) is 8.42 Å². The molecule has 5 rings (SSSR count). The highest BCUT2D eigenvalue weighted by molar-refractivity contribution is 7.91. The molecule has 6 nitrogen and oxygen atoms in total.